The maximum atomic E-state index is 11.0. The number of rotatable bonds is 3. The van der Waals surface area contributed by atoms with E-state index in [0.717, 1.165) is 15.1 Å². The Balaban J connectivity index is 2.02. The van der Waals surface area contributed by atoms with Crippen molar-refractivity contribution in [2.45, 2.75) is 6.92 Å². The molecule has 0 radical (unpaired) electrons. The quantitative estimate of drug-likeness (QED) is 0.643. The first-order chi connectivity index (χ1) is 10.0. The molecule has 2 heterocycles. The van der Waals surface area contributed by atoms with Crippen molar-refractivity contribution in [3.05, 3.63) is 41.0 Å². The molecule has 0 fully saturated rings. The summed E-state index contributed by atoms with van der Waals surface area (Å²) >= 11 is 1.56. The summed E-state index contributed by atoms with van der Waals surface area (Å²) in [6, 6.07) is 6.27. The van der Waals surface area contributed by atoms with Gasteiger partial charge in [0.15, 0.2) is 0 Å². The average Bonchev–Trinajstić information content (AvgIpc) is 2.82. The van der Waals surface area contributed by atoms with Gasteiger partial charge < -0.3 is 15.5 Å². The van der Waals surface area contributed by atoms with Crippen molar-refractivity contribution in [3.63, 3.8) is 0 Å². The third-order valence-electron chi connectivity index (χ3n) is 2.94. The Bertz CT molecular complexity index is 845. The lowest BCUT2D eigenvalue weighted by Crippen LogP contribution is -2.00. The van der Waals surface area contributed by atoms with E-state index in [1.54, 1.807) is 17.4 Å². The minimum Gasteiger partial charge on any atom is -0.507 e. The van der Waals surface area contributed by atoms with Crippen LogP contribution in [0.5, 0.6) is 5.75 Å². The van der Waals surface area contributed by atoms with Gasteiger partial charge in [-0.05, 0) is 31.2 Å². The van der Waals surface area contributed by atoms with Crippen molar-refractivity contribution in [2.75, 3.05) is 5.32 Å². The van der Waals surface area contributed by atoms with E-state index >= 15 is 0 Å². The Morgan fingerprint density at radius 3 is 2.86 bits per heavy atom. The van der Waals surface area contributed by atoms with Gasteiger partial charge in [0.25, 0.3) is 0 Å². The lowest BCUT2D eigenvalue weighted by atomic mass is 10.1. The first-order valence-electron chi connectivity index (χ1n) is 6.09. The summed E-state index contributed by atoms with van der Waals surface area (Å²) in [6.07, 6.45) is 1.46. The lowest BCUT2D eigenvalue weighted by molar-refractivity contribution is 0.0694. The molecule has 21 heavy (non-hydrogen) atoms. The maximum Gasteiger partial charge on any atom is 0.339 e. The Kier molecular flexibility index (Phi) is 3.19. The summed E-state index contributed by atoms with van der Waals surface area (Å²) in [5.41, 5.74) is 0.376. The van der Waals surface area contributed by atoms with Crippen LogP contribution >= 0.6 is 11.3 Å². The van der Waals surface area contributed by atoms with Crippen LogP contribution in [0.25, 0.3) is 10.2 Å². The summed E-state index contributed by atoms with van der Waals surface area (Å²) < 4.78 is 0. The normalized spacial score (nSPS) is 10.7. The molecule has 0 aliphatic heterocycles. The monoisotopic (exact) mass is 301 g/mol. The number of anilines is 2. The number of nitrogens with zero attached hydrogens (tertiary/aromatic N) is 2. The van der Waals surface area contributed by atoms with Crippen LogP contribution in [0.15, 0.2) is 30.6 Å². The summed E-state index contributed by atoms with van der Waals surface area (Å²) in [7, 11) is 0. The molecule has 0 saturated carbocycles. The largest absolute Gasteiger partial charge is 0.507 e. The number of carboxylic acid groups (broad SMARTS) is 1. The number of aromatic carboxylic acids is 1. The van der Waals surface area contributed by atoms with Gasteiger partial charge in [0.1, 0.15) is 28.3 Å². The number of phenols is 1. The molecule has 1 aromatic carbocycles. The van der Waals surface area contributed by atoms with Crippen molar-refractivity contribution in [3.8, 4) is 5.75 Å². The summed E-state index contributed by atoms with van der Waals surface area (Å²) in [6.45, 7) is 1.99. The molecule has 0 unspecified atom stereocenters. The fourth-order valence-corrected chi connectivity index (χ4v) is 2.84. The minimum absolute atomic E-state index is 0.160. The van der Waals surface area contributed by atoms with Crippen LogP contribution < -0.4 is 5.32 Å². The third-order valence-corrected chi connectivity index (χ3v) is 3.90. The Morgan fingerprint density at radius 2 is 2.10 bits per heavy atom. The van der Waals surface area contributed by atoms with Crippen LogP contribution in [0, 0.1) is 6.92 Å². The third kappa shape index (κ3) is 2.50. The number of nitrogens with one attached hydrogen (secondary N) is 1. The Hall–Kier alpha value is -2.67. The molecule has 0 aliphatic rings. The molecular weight excluding hydrogens is 290 g/mol. The average molecular weight is 301 g/mol. The molecular formula is C14H11N3O3S. The van der Waals surface area contributed by atoms with Gasteiger partial charge in [0, 0.05) is 10.6 Å². The van der Waals surface area contributed by atoms with Crippen molar-refractivity contribution >= 4 is 39.0 Å². The topological polar surface area (TPSA) is 95.3 Å². The number of aromatic hydroxyl groups is 1. The molecule has 106 valence electrons. The predicted molar refractivity (Wildman–Crippen MR) is 80.5 cm³/mol. The van der Waals surface area contributed by atoms with Crippen LogP contribution in [-0.4, -0.2) is 26.2 Å². The van der Waals surface area contributed by atoms with Crippen LogP contribution in [0.4, 0.5) is 11.5 Å². The second-order valence-corrected chi connectivity index (χ2v) is 5.70. The van der Waals surface area contributed by atoms with E-state index in [4.69, 9.17) is 5.11 Å². The van der Waals surface area contributed by atoms with Crippen LogP contribution in [0.1, 0.15) is 15.2 Å². The van der Waals surface area contributed by atoms with Crippen LogP contribution in [0.3, 0.4) is 0 Å². The SMILES string of the molecule is Cc1cc2c(Nc3ccc(O)c(C(=O)O)c3)ncnc2s1. The van der Waals surface area contributed by atoms with Crippen LogP contribution in [0.2, 0.25) is 0 Å². The fourth-order valence-electron chi connectivity index (χ4n) is 2.00. The fraction of sp³-hybridized carbons (Fsp3) is 0.0714. The molecule has 0 saturated heterocycles. The van der Waals surface area contributed by atoms with Crippen molar-refractivity contribution < 1.29 is 15.0 Å². The van der Waals surface area contributed by atoms with Crippen molar-refractivity contribution in [1.82, 2.24) is 9.97 Å². The summed E-state index contributed by atoms with van der Waals surface area (Å²) in [4.78, 5) is 21.4. The number of fused-ring (bicyclic) bond motifs is 1. The van der Waals surface area contributed by atoms with Gasteiger partial charge in [-0.2, -0.15) is 0 Å². The van der Waals surface area contributed by atoms with E-state index in [0.29, 0.717) is 11.5 Å². The number of benzene rings is 1. The van der Waals surface area contributed by atoms with E-state index in [2.05, 4.69) is 15.3 Å². The number of aromatic nitrogens is 2. The standard InChI is InChI=1S/C14H11N3O3S/c1-7-4-10-12(15-6-16-13(10)21-7)17-8-2-3-11(18)9(5-8)14(19)20/h2-6,18H,1H3,(H,19,20)(H,15,16,17). The van der Waals surface area contributed by atoms with Gasteiger partial charge in [-0.3, -0.25) is 0 Å². The molecule has 0 bridgehead atoms. The smallest absolute Gasteiger partial charge is 0.339 e. The predicted octanol–water partition coefficient (Wildman–Crippen LogP) is 3.15. The van der Waals surface area contributed by atoms with Gasteiger partial charge in [0.05, 0.1) is 5.39 Å². The van der Waals surface area contributed by atoms with Gasteiger partial charge in [0.2, 0.25) is 0 Å². The highest BCUT2D eigenvalue weighted by Crippen LogP contribution is 2.30. The second-order valence-electron chi connectivity index (χ2n) is 4.46. The van der Waals surface area contributed by atoms with Crippen LogP contribution in [-0.2, 0) is 0 Å². The molecule has 6 nitrogen and oxygen atoms in total. The number of carbonyl (C=O) groups is 1. The Labute approximate surface area is 123 Å². The summed E-state index contributed by atoms with van der Waals surface area (Å²) in [5.74, 6) is -0.853. The highest BCUT2D eigenvalue weighted by atomic mass is 32.1. The molecule has 3 N–H and O–H groups in total. The van der Waals surface area contributed by atoms with E-state index < -0.39 is 5.97 Å². The Morgan fingerprint density at radius 1 is 1.29 bits per heavy atom. The van der Waals surface area contributed by atoms with E-state index in [-0.39, 0.29) is 11.3 Å². The molecule has 0 spiro atoms. The van der Waals surface area contributed by atoms with Gasteiger partial charge >= 0.3 is 5.97 Å². The lowest BCUT2D eigenvalue weighted by Gasteiger charge is -2.08. The van der Waals surface area contributed by atoms with Gasteiger partial charge in [-0.1, -0.05) is 0 Å². The number of hydrogen-bond acceptors (Lipinski definition) is 6. The molecule has 0 atom stereocenters. The molecule has 2 aromatic heterocycles. The van der Waals surface area contributed by atoms with Gasteiger partial charge in [-0.25, -0.2) is 14.8 Å². The van der Waals surface area contributed by atoms with E-state index in [9.17, 15) is 9.90 Å². The zero-order chi connectivity index (χ0) is 15.0. The molecule has 7 heteroatoms. The number of hydrogen-bond donors (Lipinski definition) is 3. The summed E-state index contributed by atoms with van der Waals surface area (Å²) in [5, 5.41) is 22.5. The number of aryl methyl sites for hydroxylation is 1. The first-order valence-corrected chi connectivity index (χ1v) is 6.91. The molecule has 0 aliphatic carbocycles. The number of thiophene rings is 1. The highest BCUT2D eigenvalue weighted by Gasteiger charge is 2.12. The maximum absolute atomic E-state index is 11.0. The molecule has 3 rings (SSSR count). The number of carboxylic acids is 1. The van der Waals surface area contributed by atoms with E-state index in [1.807, 2.05) is 13.0 Å². The minimum atomic E-state index is -1.18. The molecule has 0 amide bonds. The van der Waals surface area contributed by atoms with Crippen molar-refractivity contribution in [1.29, 1.82) is 0 Å². The first kappa shape index (κ1) is 13.3. The van der Waals surface area contributed by atoms with E-state index in [1.165, 1.54) is 18.5 Å². The van der Waals surface area contributed by atoms with Crippen molar-refractivity contribution in [2.24, 2.45) is 0 Å². The van der Waals surface area contributed by atoms with Gasteiger partial charge in [-0.15, -0.1) is 11.3 Å². The molecule has 3 aromatic rings. The zero-order valence-electron chi connectivity index (χ0n) is 11.0. The second kappa shape index (κ2) is 5.02. The highest BCUT2D eigenvalue weighted by molar-refractivity contribution is 7.18. The zero-order valence-corrected chi connectivity index (χ0v) is 11.8.